The highest BCUT2D eigenvalue weighted by Crippen LogP contribution is 2.34. The van der Waals surface area contributed by atoms with E-state index in [1.807, 2.05) is 6.92 Å². The van der Waals surface area contributed by atoms with Crippen LogP contribution in [-0.4, -0.2) is 23.7 Å². The van der Waals surface area contributed by atoms with E-state index in [1.54, 1.807) is 12.1 Å². The van der Waals surface area contributed by atoms with Crippen LogP contribution in [0.2, 0.25) is 0 Å². The van der Waals surface area contributed by atoms with E-state index in [0.717, 1.165) is 18.9 Å². The topological polar surface area (TPSA) is 55.4 Å². The molecule has 0 aliphatic heterocycles. The quantitative estimate of drug-likeness (QED) is 0.870. The lowest BCUT2D eigenvalue weighted by Gasteiger charge is -2.29. The molecule has 0 aliphatic carbocycles. The van der Waals surface area contributed by atoms with E-state index < -0.39 is 23.7 Å². The van der Waals surface area contributed by atoms with Gasteiger partial charge in [-0.1, -0.05) is 19.1 Å². The van der Waals surface area contributed by atoms with Crippen molar-refractivity contribution in [3.8, 4) is 0 Å². The fourth-order valence-electron chi connectivity index (χ4n) is 1.59. The third-order valence-electron chi connectivity index (χ3n) is 2.94. The Labute approximate surface area is 120 Å². The predicted molar refractivity (Wildman–Crippen MR) is 70.7 cm³/mol. The summed E-state index contributed by atoms with van der Waals surface area (Å²) in [6, 6.07) is 6.35. The highest BCUT2D eigenvalue weighted by molar-refractivity contribution is 5.98. The molecule has 1 rings (SSSR count). The van der Waals surface area contributed by atoms with Crippen molar-refractivity contribution in [3.05, 3.63) is 29.8 Å². The number of hydrogen-bond acceptors (Lipinski definition) is 3. The molecule has 4 nitrogen and oxygen atoms in total. The molecule has 1 aromatic rings. The smallest absolute Gasteiger partial charge is 0.437 e. The number of carbonyl (C=O) groups is 2. The van der Waals surface area contributed by atoms with Gasteiger partial charge in [-0.3, -0.25) is 9.59 Å². The number of ether oxygens (including phenoxy) is 1. The van der Waals surface area contributed by atoms with Crippen molar-refractivity contribution in [2.75, 3.05) is 5.32 Å². The second kappa shape index (κ2) is 6.15. The van der Waals surface area contributed by atoms with Crippen LogP contribution in [0.4, 0.5) is 18.9 Å². The van der Waals surface area contributed by atoms with E-state index >= 15 is 0 Å². The second-order valence-electron chi connectivity index (χ2n) is 4.63. The first-order valence-electron chi connectivity index (χ1n) is 6.27. The van der Waals surface area contributed by atoms with Crippen LogP contribution in [-0.2, 0) is 20.7 Å². The van der Waals surface area contributed by atoms with Gasteiger partial charge in [0.05, 0.1) is 0 Å². The molecule has 116 valence electrons. The fourth-order valence-corrected chi connectivity index (χ4v) is 1.59. The summed E-state index contributed by atoms with van der Waals surface area (Å²) in [5.41, 5.74) is -2.06. The third-order valence-corrected chi connectivity index (χ3v) is 2.94. The summed E-state index contributed by atoms with van der Waals surface area (Å²) in [5.74, 6) is -2.64. The van der Waals surface area contributed by atoms with Gasteiger partial charge in [0, 0.05) is 12.6 Å². The molecule has 1 aromatic carbocycles. The molecule has 1 amide bonds. The first-order valence-corrected chi connectivity index (χ1v) is 6.27. The molecular weight excluding hydrogens is 287 g/mol. The van der Waals surface area contributed by atoms with Crippen molar-refractivity contribution in [2.24, 2.45) is 0 Å². The highest BCUT2D eigenvalue weighted by Gasteiger charge is 2.60. The molecule has 1 N–H and O–H groups in total. The van der Waals surface area contributed by atoms with E-state index in [4.69, 9.17) is 0 Å². The van der Waals surface area contributed by atoms with Gasteiger partial charge in [0.15, 0.2) is 0 Å². The van der Waals surface area contributed by atoms with E-state index in [1.165, 1.54) is 12.1 Å². The second-order valence-corrected chi connectivity index (χ2v) is 4.63. The van der Waals surface area contributed by atoms with Gasteiger partial charge in [0.25, 0.3) is 11.5 Å². The monoisotopic (exact) mass is 303 g/mol. The van der Waals surface area contributed by atoms with E-state index in [0.29, 0.717) is 6.92 Å². The number of nitrogens with one attached hydrogen (secondary N) is 1. The third kappa shape index (κ3) is 3.96. The Kier molecular flexibility index (Phi) is 4.98. The van der Waals surface area contributed by atoms with Gasteiger partial charge in [-0.2, -0.15) is 13.2 Å². The lowest BCUT2D eigenvalue weighted by molar-refractivity contribution is -0.253. The van der Waals surface area contributed by atoms with Crippen LogP contribution in [0.3, 0.4) is 0 Å². The van der Waals surface area contributed by atoms with Crippen molar-refractivity contribution in [1.29, 1.82) is 0 Å². The minimum atomic E-state index is -5.02. The molecule has 0 aromatic heterocycles. The lowest BCUT2D eigenvalue weighted by atomic mass is 10.0. The molecule has 1 atom stereocenters. The van der Waals surface area contributed by atoms with Gasteiger partial charge in [-0.25, -0.2) is 0 Å². The molecule has 1 unspecified atom stereocenters. The van der Waals surface area contributed by atoms with Crippen molar-refractivity contribution in [1.82, 2.24) is 0 Å². The number of aryl methyl sites for hydroxylation is 1. The van der Waals surface area contributed by atoms with Crippen molar-refractivity contribution in [2.45, 2.75) is 39.0 Å². The number of alkyl halides is 3. The zero-order chi connectivity index (χ0) is 16.3. The number of amides is 1. The number of esters is 1. The molecule has 0 heterocycles. The molecule has 0 fully saturated rings. The number of hydrogen-bond donors (Lipinski definition) is 1. The first-order chi connectivity index (χ1) is 9.60. The van der Waals surface area contributed by atoms with Crippen molar-refractivity contribution < 1.29 is 27.5 Å². The zero-order valence-corrected chi connectivity index (χ0v) is 11.9. The summed E-state index contributed by atoms with van der Waals surface area (Å²) in [4.78, 5) is 22.7. The van der Waals surface area contributed by atoms with Gasteiger partial charge < -0.3 is 10.1 Å². The Bertz CT molecular complexity index is 525. The van der Waals surface area contributed by atoms with Gasteiger partial charge >= 0.3 is 12.1 Å². The average Bonchev–Trinajstić information content (AvgIpc) is 2.37. The van der Waals surface area contributed by atoms with Crippen LogP contribution < -0.4 is 5.32 Å². The van der Waals surface area contributed by atoms with Crippen LogP contribution in [0, 0.1) is 0 Å². The Morgan fingerprint density at radius 3 is 2.10 bits per heavy atom. The molecule has 21 heavy (non-hydrogen) atoms. The maximum Gasteiger partial charge on any atom is 0.437 e. The molecular formula is C14H16F3NO3. The van der Waals surface area contributed by atoms with E-state index in [-0.39, 0.29) is 5.69 Å². The Morgan fingerprint density at radius 2 is 1.71 bits per heavy atom. The standard InChI is InChI=1S/C14H16F3NO3/c1-4-10-5-7-11(8-6-10)18-12(20)13(3,14(15,16)17)21-9(2)19/h5-8H,4H2,1-3H3,(H,18,20). The maximum absolute atomic E-state index is 13.0. The van der Waals surface area contributed by atoms with Crippen molar-refractivity contribution >= 4 is 17.6 Å². The number of anilines is 1. The van der Waals surface area contributed by atoms with Gasteiger partial charge in [-0.05, 0) is 31.0 Å². The summed E-state index contributed by atoms with van der Waals surface area (Å²) < 4.78 is 43.2. The SMILES string of the molecule is CCc1ccc(NC(=O)C(C)(OC(C)=O)C(F)(F)F)cc1. The van der Waals surface area contributed by atoms with Gasteiger partial charge in [-0.15, -0.1) is 0 Å². The number of benzene rings is 1. The minimum Gasteiger partial charge on any atom is -0.439 e. The normalized spacial score (nSPS) is 14.2. The molecule has 0 bridgehead atoms. The van der Waals surface area contributed by atoms with Crippen LogP contribution in [0.25, 0.3) is 0 Å². The summed E-state index contributed by atoms with van der Waals surface area (Å²) in [5, 5.41) is 2.11. The molecule has 0 aliphatic rings. The number of halogens is 3. The largest absolute Gasteiger partial charge is 0.439 e. The predicted octanol–water partition coefficient (Wildman–Crippen LogP) is 3.07. The highest BCUT2D eigenvalue weighted by atomic mass is 19.4. The van der Waals surface area contributed by atoms with E-state index in [2.05, 4.69) is 10.1 Å². The zero-order valence-electron chi connectivity index (χ0n) is 11.9. The van der Waals surface area contributed by atoms with Gasteiger partial charge in [0.1, 0.15) is 0 Å². The first kappa shape index (κ1) is 17.0. The molecule has 7 heteroatoms. The Morgan fingerprint density at radius 1 is 1.19 bits per heavy atom. The summed E-state index contributed by atoms with van der Waals surface area (Å²) >= 11 is 0. The lowest BCUT2D eigenvalue weighted by Crippen LogP contribution is -2.55. The summed E-state index contributed by atoms with van der Waals surface area (Å²) in [6.07, 6.45) is -4.26. The Balaban J connectivity index is 2.98. The summed E-state index contributed by atoms with van der Waals surface area (Å²) in [7, 11) is 0. The molecule has 0 radical (unpaired) electrons. The van der Waals surface area contributed by atoms with Crippen LogP contribution in [0.5, 0.6) is 0 Å². The number of rotatable bonds is 4. The fraction of sp³-hybridized carbons (Fsp3) is 0.429. The molecule has 0 spiro atoms. The van der Waals surface area contributed by atoms with Crippen LogP contribution >= 0.6 is 0 Å². The molecule has 0 saturated carbocycles. The Hall–Kier alpha value is -2.05. The summed E-state index contributed by atoms with van der Waals surface area (Å²) in [6.45, 7) is 3.26. The van der Waals surface area contributed by atoms with Crippen molar-refractivity contribution in [3.63, 3.8) is 0 Å². The number of carbonyl (C=O) groups excluding carboxylic acids is 2. The molecule has 0 saturated heterocycles. The van der Waals surface area contributed by atoms with E-state index in [9.17, 15) is 22.8 Å². The van der Waals surface area contributed by atoms with Crippen LogP contribution in [0.15, 0.2) is 24.3 Å². The average molecular weight is 303 g/mol. The minimum absolute atomic E-state index is 0.194. The van der Waals surface area contributed by atoms with Crippen LogP contribution in [0.1, 0.15) is 26.3 Å². The van der Waals surface area contributed by atoms with Gasteiger partial charge in [0.2, 0.25) is 0 Å². The maximum atomic E-state index is 13.0.